The number of H-pyrrole nitrogens is 2. The number of pyridine rings is 1. The molecule has 4 rings (SSSR count). The molecule has 0 fully saturated rings. The summed E-state index contributed by atoms with van der Waals surface area (Å²) in [6.45, 7) is 5.87. The maximum absolute atomic E-state index is 12.8. The van der Waals surface area contributed by atoms with Crippen molar-refractivity contribution in [3.8, 4) is 0 Å². The summed E-state index contributed by atoms with van der Waals surface area (Å²) in [5, 5.41) is 2.49. The minimum atomic E-state index is 0.0542. The summed E-state index contributed by atoms with van der Waals surface area (Å²) in [4.78, 5) is 19.6. The second-order valence-electron chi connectivity index (χ2n) is 5.57. The molecule has 2 heterocycles. The number of allylic oxidation sites excluding steroid dienone is 1. The molecule has 0 aliphatic heterocycles. The number of benzene rings is 2. The van der Waals surface area contributed by atoms with E-state index in [0.717, 1.165) is 33.2 Å². The fourth-order valence-electron chi connectivity index (χ4n) is 3.20. The van der Waals surface area contributed by atoms with Gasteiger partial charge in [0.15, 0.2) is 5.43 Å². The van der Waals surface area contributed by atoms with E-state index in [4.69, 9.17) is 0 Å². The van der Waals surface area contributed by atoms with E-state index in [9.17, 15) is 4.79 Å². The van der Waals surface area contributed by atoms with Crippen LogP contribution in [0.25, 0.3) is 44.9 Å². The summed E-state index contributed by atoms with van der Waals surface area (Å²) >= 11 is 0. The first-order valence-electron chi connectivity index (χ1n) is 7.59. The molecule has 0 spiro atoms. The molecular weight excluding hydrogens is 284 g/mol. The molecule has 0 bridgehead atoms. The zero-order chi connectivity index (χ0) is 16.0. The van der Waals surface area contributed by atoms with Gasteiger partial charge in [-0.1, -0.05) is 36.9 Å². The zero-order valence-corrected chi connectivity index (χ0v) is 12.8. The van der Waals surface area contributed by atoms with E-state index in [1.54, 1.807) is 6.08 Å². The smallest absolute Gasteiger partial charge is 0.197 e. The van der Waals surface area contributed by atoms with Crippen molar-refractivity contribution in [1.29, 1.82) is 0 Å². The number of fused-ring (bicyclic) bond motifs is 4. The summed E-state index contributed by atoms with van der Waals surface area (Å²) in [5.41, 5.74) is 4.73. The van der Waals surface area contributed by atoms with Crippen molar-refractivity contribution in [2.45, 2.75) is 6.92 Å². The lowest BCUT2D eigenvalue weighted by Crippen LogP contribution is -2.04. The third-order valence-electron chi connectivity index (χ3n) is 4.26. The summed E-state index contributed by atoms with van der Waals surface area (Å²) in [6.07, 6.45) is 5.87. The molecule has 3 heteroatoms. The highest BCUT2D eigenvalue weighted by Crippen LogP contribution is 2.29. The average molecular weight is 300 g/mol. The Labute approximate surface area is 133 Å². The third kappa shape index (κ3) is 1.87. The molecule has 23 heavy (non-hydrogen) atoms. The molecule has 3 nitrogen and oxygen atoms in total. The number of aromatic nitrogens is 2. The monoisotopic (exact) mass is 300 g/mol. The van der Waals surface area contributed by atoms with Crippen molar-refractivity contribution in [3.63, 3.8) is 0 Å². The van der Waals surface area contributed by atoms with Crippen LogP contribution in [-0.4, -0.2) is 9.97 Å². The predicted molar refractivity (Wildman–Crippen MR) is 98.7 cm³/mol. The van der Waals surface area contributed by atoms with Crippen LogP contribution in [-0.2, 0) is 0 Å². The Kier molecular flexibility index (Phi) is 2.95. The van der Waals surface area contributed by atoms with Crippen molar-refractivity contribution in [2.24, 2.45) is 0 Å². The number of hydrogen-bond acceptors (Lipinski definition) is 1. The van der Waals surface area contributed by atoms with Gasteiger partial charge in [0.05, 0.1) is 11.0 Å². The lowest BCUT2D eigenvalue weighted by atomic mass is 10.1. The van der Waals surface area contributed by atoms with Gasteiger partial charge >= 0.3 is 0 Å². The van der Waals surface area contributed by atoms with Crippen molar-refractivity contribution < 1.29 is 0 Å². The molecule has 0 saturated heterocycles. The first kappa shape index (κ1) is 13.6. The Bertz CT molecular complexity index is 1160. The fraction of sp³-hybridized carbons (Fsp3) is 0.0500. The summed E-state index contributed by atoms with van der Waals surface area (Å²) in [5.74, 6) is 0. The molecule has 0 amide bonds. The lowest BCUT2D eigenvalue weighted by Gasteiger charge is -2.04. The highest BCUT2D eigenvalue weighted by atomic mass is 16.1. The topological polar surface area (TPSA) is 48.6 Å². The Balaban J connectivity index is 2.25. The normalized spacial score (nSPS) is 11.9. The molecule has 2 aromatic carbocycles. The van der Waals surface area contributed by atoms with Crippen LogP contribution in [0.4, 0.5) is 0 Å². The molecule has 0 radical (unpaired) electrons. The maximum atomic E-state index is 12.8. The van der Waals surface area contributed by atoms with E-state index in [0.29, 0.717) is 10.8 Å². The number of rotatable bonds is 2. The summed E-state index contributed by atoms with van der Waals surface area (Å²) < 4.78 is 0. The van der Waals surface area contributed by atoms with Gasteiger partial charge < -0.3 is 9.97 Å². The second-order valence-corrected chi connectivity index (χ2v) is 5.57. The third-order valence-corrected chi connectivity index (χ3v) is 4.26. The van der Waals surface area contributed by atoms with Gasteiger partial charge in [-0.3, -0.25) is 4.79 Å². The molecule has 0 aliphatic carbocycles. The van der Waals surface area contributed by atoms with Crippen molar-refractivity contribution in [2.75, 3.05) is 0 Å². The highest BCUT2D eigenvalue weighted by molar-refractivity contribution is 6.10. The van der Waals surface area contributed by atoms with E-state index < -0.39 is 0 Å². The van der Waals surface area contributed by atoms with Gasteiger partial charge in [0.25, 0.3) is 0 Å². The van der Waals surface area contributed by atoms with Gasteiger partial charge in [-0.05, 0) is 31.2 Å². The van der Waals surface area contributed by atoms with Crippen molar-refractivity contribution in [3.05, 3.63) is 70.5 Å². The predicted octanol–water partition coefficient (Wildman–Crippen LogP) is 4.84. The Hall–Kier alpha value is -3.07. The molecule has 112 valence electrons. The number of para-hydroxylation sites is 1. The SMILES string of the molecule is C=Cc1[nH]c2c(ccc3c(=O)c4ccccc4[nH]c32)c1C=CC. The van der Waals surface area contributed by atoms with Gasteiger partial charge in [-0.25, -0.2) is 0 Å². The van der Waals surface area contributed by atoms with Crippen LogP contribution in [0.2, 0.25) is 0 Å². The van der Waals surface area contributed by atoms with Crippen LogP contribution in [0.15, 0.2) is 53.8 Å². The van der Waals surface area contributed by atoms with Crippen LogP contribution >= 0.6 is 0 Å². The number of nitrogens with one attached hydrogen (secondary N) is 2. The number of aromatic amines is 2. The molecule has 0 saturated carbocycles. The zero-order valence-electron chi connectivity index (χ0n) is 12.8. The van der Waals surface area contributed by atoms with Gasteiger partial charge in [-0.15, -0.1) is 0 Å². The quantitative estimate of drug-likeness (QED) is 0.511. The van der Waals surface area contributed by atoms with E-state index in [2.05, 4.69) is 22.6 Å². The lowest BCUT2D eigenvalue weighted by molar-refractivity contribution is 1.41. The van der Waals surface area contributed by atoms with Gasteiger partial charge in [0, 0.05) is 32.9 Å². The molecule has 2 aromatic heterocycles. The fourth-order valence-corrected chi connectivity index (χ4v) is 3.20. The van der Waals surface area contributed by atoms with E-state index >= 15 is 0 Å². The van der Waals surface area contributed by atoms with Crippen LogP contribution < -0.4 is 5.43 Å². The Morgan fingerprint density at radius 3 is 2.48 bits per heavy atom. The highest BCUT2D eigenvalue weighted by Gasteiger charge is 2.13. The van der Waals surface area contributed by atoms with Crippen molar-refractivity contribution in [1.82, 2.24) is 9.97 Å². The van der Waals surface area contributed by atoms with Crippen LogP contribution in [0.5, 0.6) is 0 Å². The van der Waals surface area contributed by atoms with Gasteiger partial charge in [-0.2, -0.15) is 0 Å². The molecule has 4 aromatic rings. The minimum Gasteiger partial charge on any atom is -0.353 e. The van der Waals surface area contributed by atoms with Crippen LogP contribution in [0.1, 0.15) is 18.2 Å². The first-order valence-corrected chi connectivity index (χ1v) is 7.59. The van der Waals surface area contributed by atoms with E-state index in [-0.39, 0.29) is 5.43 Å². The van der Waals surface area contributed by atoms with Gasteiger partial charge in [0.1, 0.15) is 0 Å². The molecule has 0 aliphatic rings. The first-order chi connectivity index (χ1) is 11.2. The molecular formula is C20H16N2O. The largest absolute Gasteiger partial charge is 0.353 e. The minimum absolute atomic E-state index is 0.0542. The molecule has 0 unspecified atom stereocenters. The van der Waals surface area contributed by atoms with Crippen LogP contribution in [0, 0.1) is 0 Å². The summed E-state index contributed by atoms with van der Waals surface area (Å²) in [6, 6.07) is 11.5. The van der Waals surface area contributed by atoms with Crippen LogP contribution in [0.3, 0.4) is 0 Å². The number of hydrogen-bond donors (Lipinski definition) is 2. The second kappa shape index (κ2) is 4.99. The summed E-state index contributed by atoms with van der Waals surface area (Å²) in [7, 11) is 0. The standard InChI is InChI=1S/C20H16N2O/c1-3-7-12-13-10-11-15-19(18(13)21-16(12)4-2)22-17-9-6-5-8-14(17)20(15)23/h3-11,21H,2H2,1H3,(H,22,23). The van der Waals surface area contributed by atoms with E-state index in [1.165, 1.54) is 0 Å². The van der Waals surface area contributed by atoms with E-state index in [1.807, 2.05) is 49.4 Å². The Morgan fingerprint density at radius 2 is 1.70 bits per heavy atom. The maximum Gasteiger partial charge on any atom is 0.197 e. The van der Waals surface area contributed by atoms with Crippen molar-refractivity contribution >= 4 is 44.9 Å². The average Bonchev–Trinajstić information content (AvgIpc) is 2.94. The Morgan fingerprint density at radius 1 is 0.957 bits per heavy atom. The van der Waals surface area contributed by atoms with Gasteiger partial charge in [0.2, 0.25) is 0 Å². The molecule has 0 atom stereocenters. The molecule has 2 N–H and O–H groups in total.